The number of benzene rings is 2. The van der Waals surface area contributed by atoms with Gasteiger partial charge in [0.1, 0.15) is 27.8 Å². The Hall–Kier alpha value is -7.06. The minimum atomic E-state index is -1.73. The molecule has 1 spiro atoms. The maximum atomic E-state index is 15.3. The smallest absolute Gasteiger partial charge is 0.343 e. The van der Waals surface area contributed by atoms with E-state index in [2.05, 4.69) is 38.7 Å². The van der Waals surface area contributed by atoms with Crippen LogP contribution in [0.15, 0.2) is 124 Å². The Labute approximate surface area is 541 Å². The molecule has 14 nitrogen and oxygen atoms in total. The van der Waals surface area contributed by atoms with Crippen LogP contribution in [0.5, 0.6) is 23.0 Å². The number of rotatable bonds is 18. The predicted octanol–water partition coefficient (Wildman–Crippen LogP) is 16.7. The number of hydrogen-bond donors (Lipinski definition) is 6. The maximum absolute atomic E-state index is 15.3. The Morgan fingerprint density at radius 3 is 1.56 bits per heavy atom. The lowest BCUT2D eigenvalue weighted by Gasteiger charge is -2.63. The minimum absolute atomic E-state index is 0.0227. The monoisotopic (exact) mass is 1250 g/mol. The Morgan fingerprint density at radius 2 is 1.08 bits per heavy atom. The van der Waals surface area contributed by atoms with Crippen LogP contribution in [0, 0.1) is 61.6 Å². The lowest BCUT2D eigenvalue weighted by molar-refractivity contribution is -0.192. The maximum Gasteiger partial charge on any atom is 0.343 e. The van der Waals surface area contributed by atoms with E-state index < -0.39 is 113 Å². The summed E-state index contributed by atoms with van der Waals surface area (Å²) < 4.78 is 12.8. The van der Waals surface area contributed by atoms with Crippen LogP contribution in [0.3, 0.4) is 0 Å². The number of phenolic OH excluding ortho intramolecular Hbond substituents is 4. The van der Waals surface area contributed by atoms with Crippen LogP contribution >= 0.6 is 0 Å². The zero-order valence-electron chi connectivity index (χ0n) is 58.0. The quantitative estimate of drug-likeness (QED) is 0.0155. The lowest BCUT2D eigenvalue weighted by atomic mass is 9.38. The van der Waals surface area contributed by atoms with Crippen molar-refractivity contribution in [3.63, 3.8) is 0 Å². The standard InChI is InChI=1S/C39H54O7.C38H50O7/c1-22(2)12-13-26(24(5)6)20-38-21-27(19-30(42)36(7,8)9)37(10,11)39(35(38)46,17-16-23(3)4)34(45)31(33(38)44)32(43)25-14-15-28(40)29(41)18-25;1-22(2)11-14-26-20-37-21-27(15-12-23(3)4)36(9,10)45-32(37)30(44-33(42)25-13-16-28(39)29(40)19-25)31(41)38(34(37)43,35(26,7)8)18-17-24(5)6/h12,14-16,18,26-27,30,40-43H,5,13,17,19-21H2,1-4,6-11H3;11-13,16-17,19,26-27,39-40H,14-15,18,20-21H2,1-10H3/t26-,27+,30?,38+,39-;26-,27+,37+,38+/m00/s1. The first-order chi connectivity index (χ1) is 41.8. The van der Waals surface area contributed by atoms with Gasteiger partial charge in [0.15, 0.2) is 51.9 Å². The van der Waals surface area contributed by atoms with Gasteiger partial charge in [0.05, 0.1) is 22.5 Å². The van der Waals surface area contributed by atoms with Crippen molar-refractivity contribution >= 4 is 40.6 Å². The molecule has 91 heavy (non-hydrogen) atoms. The van der Waals surface area contributed by atoms with Crippen LogP contribution in [0.2, 0.25) is 0 Å². The predicted molar refractivity (Wildman–Crippen MR) is 357 cm³/mol. The molecule has 3 saturated carbocycles. The van der Waals surface area contributed by atoms with Crippen molar-refractivity contribution in [1.82, 2.24) is 0 Å². The average Bonchev–Trinajstić information content (AvgIpc) is 0.679. The summed E-state index contributed by atoms with van der Waals surface area (Å²) in [5, 5.41) is 63.1. The van der Waals surface area contributed by atoms with Gasteiger partial charge < -0.3 is 40.1 Å². The molecule has 4 fully saturated rings. The molecule has 4 bridgehead atoms. The highest BCUT2D eigenvalue weighted by molar-refractivity contribution is 6.41. The normalized spacial score (nSPS) is 27.3. The highest BCUT2D eigenvalue weighted by Gasteiger charge is 2.76. The summed E-state index contributed by atoms with van der Waals surface area (Å²) in [5.74, 6) is -6.76. The molecule has 1 unspecified atom stereocenters. The molecule has 9 atom stereocenters. The number of allylic oxidation sites excluding steroid dienone is 14. The molecule has 2 aromatic carbocycles. The van der Waals surface area contributed by atoms with E-state index in [1.165, 1.54) is 35.4 Å². The first-order valence-corrected chi connectivity index (χ1v) is 32.2. The number of aromatic hydroxyl groups is 4. The first-order valence-electron chi connectivity index (χ1n) is 32.2. The molecule has 0 aromatic heterocycles. The zero-order valence-corrected chi connectivity index (χ0v) is 58.0. The number of esters is 1. The van der Waals surface area contributed by atoms with Gasteiger partial charge in [0, 0.05) is 11.5 Å². The van der Waals surface area contributed by atoms with E-state index in [1.54, 1.807) is 0 Å². The molecule has 7 rings (SSSR count). The van der Waals surface area contributed by atoms with Gasteiger partial charge in [-0.05, 0) is 225 Å². The van der Waals surface area contributed by atoms with E-state index in [-0.39, 0.29) is 84.0 Å². The van der Waals surface area contributed by atoms with Gasteiger partial charge in [-0.2, -0.15) is 0 Å². The van der Waals surface area contributed by atoms with Crippen molar-refractivity contribution in [2.24, 2.45) is 61.6 Å². The molecule has 1 heterocycles. The number of aliphatic hydroxyl groups excluding tert-OH is 2. The fraction of sp³-hybridized carbons (Fsp3) is 0.558. The summed E-state index contributed by atoms with van der Waals surface area (Å²) in [4.78, 5) is 89.2. The third-order valence-corrected chi connectivity index (χ3v) is 21.3. The molecule has 1 saturated heterocycles. The second-order valence-electron chi connectivity index (χ2n) is 31.0. The van der Waals surface area contributed by atoms with Crippen molar-refractivity contribution in [2.45, 2.75) is 214 Å². The van der Waals surface area contributed by atoms with Crippen molar-refractivity contribution in [3.05, 3.63) is 135 Å². The van der Waals surface area contributed by atoms with Gasteiger partial charge in [0.25, 0.3) is 0 Å². The molecule has 496 valence electrons. The number of ketones is 5. The number of phenols is 4. The van der Waals surface area contributed by atoms with Gasteiger partial charge >= 0.3 is 5.97 Å². The van der Waals surface area contributed by atoms with E-state index in [9.17, 15) is 45.0 Å². The van der Waals surface area contributed by atoms with Crippen molar-refractivity contribution in [3.8, 4) is 23.0 Å². The van der Waals surface area contributed by atoms with Gasteiger partial charge in [-0.3, -0.25) is 24.0 Å². The molecule has 0 amide bonds. The van der Waals surface area contributed by atoms with Crippen molar-refractivity contribution in [2.75, 3.05) is 0 Å². The number of fused-ring (bicyclic) bond motifs is 3. The second-order valence-corrected chi connectivity index (χ2v) is 31.0. The summed E-state index contributed by atoms with van der Waals surface area (Å²) in [7, 11) is 0. The Bertz CT molecular complexity index is 3480. The molecule has 6 N–H and O–H groups in total. The molecular weight excluding hydrogens is 1150 g/mol. The zero-order chi connectivity index (χ0) is 68.9. The topological polar surface area (TPSA) is 242 Å². The van der Waals surface area contributed by atoms with Gasteiger partial charge in [-0.15, -0.1) is 0 Å². The van der Waals surface area contributed by atoms with E-state index >= 15 is 14.4 Å². The first kappa shape index (κ1) is 73.0. The van der Waals surface area contributed by atoms with Crippen LogP contribution in [-0.4, -0.2) is 77.2 Å². The summed E-state index contributed by atoms with van der Waals surface area (Å²) in [5.41, 5.74) is -3.54. The fourth-order valence-electron chi connectivity index (χ4n) is 14.9. The molecule has 14 heteroatoms. The molecule has 4 aliphatic carbocycles. The van der Waals surface area contributed by atoms with Crippen molar-refractivity contribution < 1.29 is 68.9 Å². The van der Waals surface area contributed by atoms with E-state index in [0.717, 1.165) is 34.4 Å². The molecule has 0 radical (unpaired) electrons. The number of aliphatic hydroxyl groups is 2. The van der Waals surface area contributed by atoms with Gasteiger partial charge in [-0.1, -0.05) is 119 Å². The Morgan fingerprint density at radius 1 is 0.615 bits per heavy atom. The van der Waals surface area contributed by atoms with Crippen LogP contribution < -0.4 is 0 Å². The Balaban J connectivity index is 0.000000289. The number of ether oxygens (including phenoxy) is 2. The largest absolute Gasteiger partial charge is 0.506 e. The van der Waals surface area contributed by atoms with Crippen LogP contribution in [0.4, 0.5) is 0 Å². The molecule has 1 aliphatic heterocycles. The second kappa shape index (κ2) is 26.5. The summed E-state index contributed by atoms with van der Waals surface area (Å²) >= 11 is 0. The molecular formula is C77H104O14. The third kappa shape index (κ3) is 13.5. The van der Waals surface area contributed by atoms with E-state index in [4.69, 9.17) is 9.47 Å². The molecule has 2 aromatic rings. The number of carbonyl (C=O) groups excluding carboxylic acids is 6. The third-order valence-electron chi connectivity index (χ3n) is 21.3. The Kier molecular flexibility index (Phi) is 21.3. The number of hydrogen-bond acceptors (Lipinski definition) is 14. The van der Waals surface area contributed by atoms with Gasteiger partial charge in [0.2, 0.25) is 11.5 Å². The van der Waals surface area contributed by atoms with Gasteiger partial charge in [-0.25, -0.2) is 4.79 Å². The summed E-state index contributed by atoms with van der Waals surface area (Å²) in [6.07, 6.45) is 13.0. The van der Waals surface area contributed by atoms with E-state index in [1.807, 2.05) is 137 Å². The number of carbonyl (C=O) groups is 6. The SMILES string of the molecule is C=C(C)[C@@H](CC=C(C)C)C[C@@]12C[C@@H](CC(O)C(C)(C)C)C(C)(C)[C@@](CC=C(C)C)(C(=O)C(=C(O)c3ccc(O)c(O)c3)C1=O)C2=O.CC(C)=CC[C@@H]1C[C@]23C[C@H](CC=C(C)C)C(C)(C)[C@](CC=C(C)C)(C(=O)C(OC(=O)c4ccc(O)c(O)c4)=C2OC1(C)C)C3=O. The highest BCUT2D eigenvalue weighted by Crippen LogP contribution is 2.70. The fourth-order valence-corrected chi connectivity index (χ4v) is 14.9. The summed E-state index contributed by atoms with van der Waals surface area (Å²) in [6, 6.07) is 7.18. The minimum Gasteiger partial charge on any atom is -0.506 e. The van der Waals surface area contributed by atoms with Crippen LogP contribution in [0.25, 0.3) is 5.76 Å². The lowest BCUT2D eigenvalue weighted by Crippen LogP contribution is -2.70. The number of Topliss-reactive ketones (excluding diaryl/α,β-unsaturated/α-hetero) is 5. The average molecular weight is 1250 g/mol. The van der Waals surface area contributed by atoms with Crippen molar-refractivity contribution in [1.29, 1.82) is 0 Å². The van der Waals surface area contributed by atoms with Crippen LogP contribution in [0.1, 0.15) is 219 Å². The molecule has 5 aliphatic rings. The van der Waals surface area contributed by atoms with E-state index in [0.29, 0.717) is 32.1 Å². The highest BCUT2D eigenvalue weighted by atomic mass is 16.6. The summed E-state index contributed by atoms with van der Waals surface area (Å²) in [6.45, 7) is 43.4. The van der Waals surface area contributed by atoms with Crippen LogP contribution in [-0.2, 0) is 33.4 Å².